The lowest BCUT2D eigenvalue weighted by atomic mass is 9.79. The molecule has 1 nitrogen and oxygen atoms in total. The molecule has 1 rings (SSSR count). The zero-order valence-electron chi connectivity index (χ0n) is 9.84. The highest BCUT2D eigenvalue weighted by Gasteiger charge is 2.20. The highest BCUT2D eigenvalue weighted by molar-refractivity contribution is 4.72. The fraction of sp³-hybridized carbons (Fsp3) is 1.00. The van der Waals surface area contributed by atoms with Gasteiger partial charge in [-0.2, -0.15) is 0 Å². The van der Waals surface area contributed by atoms with Crippen molar-refractivity contribution in [2.24, 2.45) is 11.8 Å². The molecule has 84 valence electrons. The van der Waals surface area contributed by atoms with Crippen LogP contribution in [0.4, 0.5) is 0 Å². The summed E-state index contributed by atoms with van der Waals surface area (Å²) in [5, 5.41) is 9.49. The van der Waals surface area contributed by atoms with Gasteiger partial charge in [0, 0.05) is 0 Å². The van der Waals surface area contributed by atoms with Crippen molar-refractivity contribution in [1.29, 1.82) is 0 Å². The summed E-state index contributed by atoms with van der Waals surface area (Å²) in [5.41, 5.74) is 0. The molecule has 0 amide bonds. The van der Waals surface area contributed by atoms with Crippen molar-refractivity contribution in [3.8, 4) is 0 Å². The van der Waals surface area contributed by atoms with Crippen LogP contribution < -0.4 is 0 Å². The molecule has 0 aliphatic heterocycles. The van der Waals surface area contributed by atoms with E-state index in [1.165, 1.54) is 38.5 Å². The Morgan fingerprint density at radius 2 is 1.64 bits per heavy atom. The normalized spacial score (nSPS) is 30.2. The van der Waals surface area contributed by atoms with Gasteiger partial charge in [0.1, 0.15) is 0 Å². The lowest BCUT2D eigenvalue weighted by Gasteiger charge is -2.28. The Kier molecular flexibility index (Phi) is 5.54. The smallest absolute Gasteiger partial charge is 0.0537 e. The van der Waals surface area contributed by atoms with Gasteiger partial charge in [0.05, 0.1) is 6.10 Å². The predicted octanol–water partition coefficient (Wildman–Crippen LogP) is 3.75. The Bertz CT molecular complexity index is 136. The first-order valence-corrected chi connectivity index (χ1v) is 6.44. The van der Waals surface area contributed by atoms with Crippen LogP contribution in [0.3, 0.4) is 0 Å². The molecular weight excluding hydrogens is 172 g/mol. The number of hydrogen-bond acceptors (Lipinski definition) is 1. The van der Waals surface area contributed by atoms with Gasteiger partial charge >= 0.3 is 0 Å². The van der Waals surface area contributed by atoms with Gasteiger partial charge < -0.3 is 5.11 Å². The second kappa shape index (κ2) is 6.44. The van der Waals surface area contributed by atoms with Crippen molar-refractivity contribution in [2.75, 3.05) is 0 Å². The van der Waals surface area contributed by atoms with Crippen molar-refractivity contribution in [2.45, 2.75) is 71.3 Å². The van der Waals surface area contributed by atoms with Crippen LogP contribution >= 0.6 is 0 Å². The lowest BCUT2D eigenvalue weighted by Crippen LogP contribution is -2.16. The zero-order chi connectivity index (χ0) is 10.4. The monoisotopic (exact) mass is 198 g/mol. The molecule has 0 spiro atoms. The maximum absolute atomic E-state index is 9.49. The van der Waals surface area contributed by atoms with E-state index in [1.54, 1.807) is 0 Å². The molecule has 0 bridgehead atoms. The standard InChI is InChI=1S/C13H26O/c1-3-11-5-7-12(8-6-11)9-10-13(14)4-2/h11-14H,3-10H2,1-2H3. The molecule has 1 heteroatoms. The summed E-state index contributed by atoms with van der Waals surface area (Å²) in [4.78, 5) is 0. The van der Waals surface area contributed by atoms with Crippen LogP contribution in [-0.4, -0.2) is 11.2 Å². The molecule has 0 heterocycles. The fourth-order valence-corrected chi connectivity index (χ4v) is 2.56. The van der Waals surface area contributed by atoms with E-state index in [2.05, 4.69) is 13.8 Å². The van der Waals surface area contributed by atoms with E-state index in [1.807, 2.05) is 0 Å². The minimum atomic E-state index is -0.0427. The Balaban J connectivity index is 2.10. The van der Waals surface area contributed by atoms with Gasteiger partial charge in [-0.3, -0.25) is 0 Å². The van der Waals surface area contributed by atoms with E-state index in [9.17, 15) is 5.11 Å². The first-order valence-electron chi connectivity index (χ1n) is 6.44. The molecule has 1 aliphatic carbocycles. The predicted molar refractivity (Wildman–Crippen MR) is 61.3 cm³/mol. The highest BCUT2D eigenvalue weighted by Crippen LogP contribution is 2.33. The van der Waals surface area contributed by atoms with Gasteiger partial charge in [-0.05, 0) is 31.1 Å². The summed E-state index contributed by atoms with van der Waals surface area (Å²) in [6.45, 7) is 4.38. The number of aliphatic hydroxyl groups excluding tert-OH is 1. The summed E-state index contributed by atoms with van der Waals surface area (Å²) in [6, 6.07) is 0. The molecule has 0 aromatic heterocycles. The minimum absolute atomic E-state index is 0.0427. The SMILES string of the molecule is CCC(O)CCC1CCC(CC)CC1. The Morgan fingerprint density at radius 1 is 1.07 bits per heavy atom. The van der Waals surface area contributed by atoms with Crippen LogP contribution in [0.1, 0.15) is 65.2 Å². The molecule has 0 aromatic carbocycles. The molecular formula is C13H26O. The number of hydrogen-bond donors (Lipinski definition) is 1. The van der Waals surface area contributed by atoms with Crippen LogP contribution in [0.15, 0.2) is 0 Å². The maximum Gasteiger partial charge on any atom is 0.0537 e. The second-order valence-electron chi connectivity index (χ2n) is 4.93. The number of aliphatic hydroxyl groups is 1. The molecule has 0 aromatic rings. The van der Waals surface area contributed by atoms with E-state index >= 15 is 0 Å². The molecule has 1 saturated carbocycles. The van der Waals surface area contributed by atoms with E-state index in [-0.39, 0.29) is 6.10 Å². The maximum atomic E-state index is 9.49. The summed E-state index contributed by atoms with van der Waals surface area (Å²) in [5.74, 6) is 1.92. The largest absolute Gasteiger partial charge is 0.393 e. The molecule has 0 saturated heterocycles. The summed E-state index contributed by atoms with van der Waals surface area (Å²) < 4.78 is 0. The summed E-state index contributed by atoms with van der Waals surface area (Å²) in [6.07, 6.45) is 10.2. The zero-order valence-corrected chi connectivity index (χ0v) is 9.84. The molecule has 1 fully saturated rings. The first-order chi connectivity index (χ1) is 6.76. The van der Waals surface area contributed by atoms with E-state index in [0.29, 0.717) is 0 Å². The van der Waals surface area contributed by atoms with Gasteiger partial charge in [0.2, 0.25) is 0 Å². The van der Waals surface area contributed by atoms with Crippen LogP contribution in [0.5, 0.6) is 0 Å². The molecule has 0 radical (unpaired) electrons. The quantitative estimate of drug-likeness (QED) is 0.713. The molecule has 1 aliphatic rings. The van der Waals surface area contributed by atoms with Crippen LogP contribution in [0.25, 0.3) is 0 Å². The third-order valence-corrected chi connectivity index (χ3v) is 3.92. The number of rotatable bonds is 5. The molecule has 1 atom stereocenters. The molecule has 1 unspecified atom stereocenters. The van der Waals surface area contributed by atoms with Crippen molar-refractivity contribution in [3.05, 3.63) is 0 Å². The van der Waals surface area contributed by atoms with Gasteiger partial charge in [-0.25, -0.2) is 0 Å². The topological polar surface area (TPSA) is 20.2 Å². The Morgan fingerprint density at radius 3 is 2.14 bits per heavy atom. The van der Waals surface area contributed by atoms with Crippen LogP contribution in [-0.2, 0) is 0 Å². The van der Waals surface area contributed by atoms with Gasteiger partial charge in [-0.15, -0.1) is 0 Å². The van der Waals surface area contributed by atoms with E-state index < -0.39 is 0 Å². The first kappa shape index (κ1) is 12.0. The van der Waals surface area contributed by atoms with E-state index in [4.69, 9.17) is 0 Å². The third kappa shape index (κ3) is 4.00. The average Bonchev–Trinajstić information content (AvgIpc) is 2.26. The van der Waals surface area contributed by atoms with Gasteiger partial charge in [0.25, 0.3) is 0 Å². The van der Waals surface area contributed by atoms with Crippen molar-refractivity contribution < 1.29 is 5.11 Å². The molecule has 14 heavy (non-hydrogen) atoms. The third-order valence-electron chi connectivity index (χ3n) is 3.92. The summed E-state index contributed by atoms with van der Waals surface area (Å²) in [7, 11) is 0. The van der Waals surface area contributed by atoms with Crippen molar-refractivity contribution in [1.82, 2.24) is 0 Å². The lowest BCUT2D eigenvalue weighted by molar-refractivity contribution is 0.141. The van der Waals surface area contributed by atoms with Crippen molar-refractivity contribution in [3.63, 3.8) is 0 Å². The van der Waals surface area contributed by atoms with Gasteiger partial charge in [-0.1, -0.05) is 46.0 Å². The Labute approximate surface area is 88.9 Å². The van der Waals surface area contributed by atoms with Gasteiger partial charge in [0.15, 0.2) is 0 Å². The Hall–Kier alpha value is -0.0400. The average molecular weight is 198 g/mol. The van der Waals surface area contributed by atoms with Crippen molar-refractivity contribution >= 4 is 0 Å². The minimum Gasteiger partial charge on any atom is -0.393 e. The molecule has 1 N–H and O–H groups in total. The van der Waals surface area contributed by atoms with Crippen LogP contribution in [0, 0.1) is 11.8 Å². The summed E-state index contributed by atoms with van der Waals surface area (Å²) >= 11 is 0. The fourth-order valence-electron chi connectivity index (χ4n) is 2.56. The van der Waals surface area contributed by atoms with Crippen LogP contribution in [0.2, 0.25) is 0 Å². The highest BCUT2D eigenvalue weighted by atomic mass is 16.3. The van der Waals surface area contributed by atoms with E-state index in [0.717, 1.165) is 24.7 Å². The second-order valence-corrected chi connectivity index (χ2v) is 4.93.